The fraction of sp³-hybridized carbons (Fsp3) is 0.750. The standard InChI is InChI=1S/C20H34N6O/c1-17-14-18(2)16-24(15-17)9-4-3-6-23-20(27)26-12-10-25(11-13-26)19-21-7-5-8-22-19/h5,7-8,17-18H,3-4,6,9-16H2,1-2H3,(H,23,27). The Labute approximate surface area is 163 Å². The van der Waals surface area contributed by atoms with Gasteiger partial charge in [0.1, 0.15) is 0 Å². The summed E-state index contributed by atoms with van der Waals surface area (Å²) in [6.07, 6.45) is 7.07. The van der Waals surface area contributed by atoms with E-state index in [4.69, 9.17) is 0 Å². The van der Waals surface area contributed by atoms with Gasteiger partial charge in [-0.05, 0) is 43.7 Å². The number of urea groups is 1. The number of hydrogen-bond acceptors (Lipinski definition) is 5. The maximum atomic E-state index is 12.3. The molecule has 2 fully saturated rings. The number of nitrogens with zero attached hydrogens (tertiary/aromatic N) is 5. The largest absolute Gasteiger partial charge is 0.338 e. The summed E-state index contributed by atoms with van der Waals surface area (Å²) in [7, 11) is 0. The number of piperazine rings is 1. The van der Waals surface area contributed by atoms with Crippen molar-refractivity contribution in [2.75, 3.05) is 57.3 Å². The molecule has 2 atom stereocenters. The molecule has 3 rings (SSSR count). The van der Waals surface area contributed by atoms with Gasteiger partial charge in [-0.2, -0.15) is 0 Å². The first-order valence-corrected chi connectivity index (χ1v) is 10.4. The number of rotatable bonds is 6. The van der Waals surface area contributed by atoms with Crippen LogP contribution in [0.1, 0.15) is 33.1 Å². The minimum absolute atomic E-state index is 0.0591. The van der Waals surface area contributed by atoms with Gasteiger partial charge in [-0.25, -0.2) is 14.8 Å². The van der Waals surface area contributed by atoms with Gasteiger partial charge in [0.05, 0.1) is 0 Å². The fourth-order valence-electron chi connectivity index (χ4n) is 4.31. The molecule has 2 amide bonds. The second-order valence-electron chi connectivity index (χ2n) is 8.17. The highest BCUT2D eigenvalue weighted by atomic mass is 16.2. The molecule has 3 heterocycles. The molecule has 0 saturated carbocycles. The Morgan fingerprint density at radius 3 is 2.41 bits per heavy atom. The van der Waals surface area contributed by atoms with E-state index >= 15 is 0 Å². The predicted octanol–water partition coefficient (Wildman–Crippen LogP) is 2.07. The first-order chi connectivity index (χ1) is 13.1. The zero-order valence-corrected chi connectivity index (χ0v) is 16.8. The minimum atomic E-state index is 0.0591. The van der Waals surface area contributed by atoms with Crippen LogP contribution in [0, 0.1) is 11.8 Å². The van der Waals surface area contributed by atoms with Crippen molar-refractivity contribution >= 4 is 12.0 Å². The first kappa shape index (κ1) is 19.9. The summed E-state index contributed by atoms with van der Waals surface area (Å²) in [5, 5.41) is 3.08. The van der Waals surface area contributed by atoms with Crippen LogP contribution in [0.25, 0.3) is 0 Å². The Morgan fingerprint density at radius 1 is 1.07 bits per heavy atom. The van der Waals surface area contributed by atoms with Crippen molar-refractivity contribution in [3.8, 4) is 0 Å². The molecule has 0 radical (unpaired) electrons. The van der Waals surface area contributed by atoms with Crippen LogP contribution in [-0.2, 0) is 0 Å². The highest BCUT2D eigenvalue weighted by Gasteiger charge is 2.23. The van der Waals surface area contributed by atoms with Crippen LogP contribution in [-0.4, -0.2) is 78.2 Å². The number of carbonyl (C=O) groups excluding carboxylic acids is 1. The summed E-state index contributed by atoms with van der Waals surface area (Å²) in [5.74, 6) is 2.38. The van der Waals surface area contributed by atoms with E-state index in [1.165, 1.54) is 19.5 Å². The molecule has 2 aliphatic heterocycles. The van der Waals surface area contributed by atoms with Crippen molar-refractivity contribution < 1.29 is 4.79 Å². The van der Waals surface area contributed by atoms with Gasteiger partial charge in [-0.3, -0.25) is 0 Å². The first-order valence-electron chi connectivity index (χ1n) is 10.4. The number of aromatic nitrogens is 2. The number of anilines is 1. The van der Waals surface area contributed by atoms with Crippen molar-refractivity contribution in [3.63, 3.8) is 0 Å². The number of piperidine rings is 1. The molecule has 1 N–H and O–H groups in total. The van der Waals surface area contributed by atoms with E-state index in [2.05, 4.69) is 38.9 Å². The third kappa shape index (κ3) is 6.06. The minimum Gasteiger partial charge on any atom is -0.338 e. The Bertz CT molecular complexity index is 565. The molecule has 7 nitrogen and oxygen atoms in total. The van der Waals surface area contributed by atoms with Gasteiger partial charge in [0.25, 0.3) is 0 Å². The molecule has 0 aromatic carbocycles. The average molecular weight is 375 g/mol. The van der Waals surface area contributed by atoms with Crippen LogP contribution >= 0.6 is 0 Å². The van der Waals surface area contributed by atoms with Crippen LogP contribution in [0.4, 0.5) is 10.7 Å². The van der Waals surface area contributed by atoms with E-state index in [-0.39, 0.29) is 6.03 Å². The van der Waals surface area contributed by atoms with E-state index in [9.17, 15) is 4.79 Å². The normalized spacial score (nSPS) is 24.1. The Morgan fingerprint density at radius 2 is 1.74 bits per heavy atom. The number of unbranched alkanes of at least 4 members (excludes halogenated alkanes) is 1. The molecule has 1 aromatic heterocycles. The van der Waals surface area contributed by atoms with Crippen molar-refractivity contribution in [1.82, 2.24) is 25.1 Å². The van der Waals surface area contributed by atoms with Gasteiger partial charge in [0.15, 0.2) is 0 Å². The molecule has 0 aliphatic carbocycles. The zero-order chi connectivity index (χ0) is 19.1. The van der Waals surface area contributed by atoms with Crippen molar-refractivity contribution in [2.24, 2.45) is 11.8 Å². The molecule has 27 heavy (non-hydrogen) atoms. The van der Waals surface area contributed by atoms with Crippen LogP contribution in [0.5, 0.6) is 0 Å². The molecule has 2 aliphatic rings. The Balaban J connectivity index is 1.28. The summed E-state index contributed by atoms with van der Waals surface area (Å²) >= 11 is 0. The second kappa shape index (κ2) is 9.88. The predicted molar refractivity (Wildman–Crippen MR) is 108 cm³/mol. The topological polar surface area (TPSA) is 64.6 Å². The zero-order valence-electron chi connectivity index (χ0n) is 16.8. The van der Waals surface area contributed by atoms with Gasteiger partial charge in [-0.15, -0.1) is 0 Å². The highest BCUT2D eigenvalue weighted by Crippen LogP contribution is 2.21. The number of amides is 2. The van der Waals surface area contributed by atoms with Crippen LogP contribution in [0.3, 0.4) is 0 Å². The molecular formula is C20H34N6O. The van der Waals surface area contributed by atoms with Crippen LogP contribution in [0.15, 0.2) is 18.5 Å². The SMILES string of the molecule is CC1CC(C)CN(CCCCNC(=O)N2CCN(c3ncccn3)CC2)C1. The Kier molecular flexibility index (Phi) is 7.26. The third-order valence-electron chi connectivity index (χ3n) is 5.52. The summed E-state index contributed by atoms with van der Waals surface area (Å²) in [5.41, 5.74) is 0. The molecular weight excluding hydrogens is 340 g/mol. The number of nitrogens with one attached hydrogen (secondary N) is 1. The maximum Gasteiger partial charge on any atom is 0.317 e. The smallest absolute Gasteiger partial charge is 0.317 e. The van der Waals surface area contributed by atoms with Gasteiger partial charge in [-0.1, -0.05) is 13.8 Å². The highest BCUT2D eigenvalue weighted by molar-refractivity contribution is 5.74. The van der Waals surface area contributed by atoms with E-state index in [0.717, 1.165) is 56.8 Å². The lowest BCUT2D eigenvalue weighted by Gasteiger charge is -2.35. The molecule has 2 unspecified atom stereocenters. The van der Waals surface area contributed by atoms with Gasteiger partial charge in [0, 0.05) is 58.2 Å². The third-order valence-corrected chi connectivity index (χ3v) is 5.52. The second-order valence-corrected chi connectivity index (χ2v) is 8.17. The van der Waals surface area contributed by atoms with Crippen molar-refractivity contribution in [3.05, 3.63) is 18.5 Å². The average Bonchev–Trinajstić information content (AvgIpc) is 2.68. The monoisotopic (exact) mass is 374 g/mol. The molecule has 2 saturated heterocycles. The number of likely N-dealkylation sites (tertiary alicyclic amines) is 1. The van der Waals surface area contributed by atoms with Crippen molar-refractivity contribution in [1.29, 1.82) is 0 Å². The lowest BCUT2D eigenvalue weighted by Crippen LogP contribution is -2.52. The van der Waals surface area contributed by atoms with Gasteiger partial charge in [0.2, 0.25) is 5.95 Å². The molecule has 7 heteroatoms. The lowest BCUT2D eigenvalue weighted by molar-refractivity contribution is 0.139. The van der Waals surface area contributed by atoms with E-state index in [0.29, 0.717) is 13.1 Å². The maximum absolute atomic E-state index is 12.3. The summed E-state index contributed by atoms with van der Waals surface area (Å²) in [6.45, 7) is 12.1. The van der Waals surface area contributed by atoms with Gasteiger partial charge >= 0.3 is 6.03 Å². The summed E-state index contributed by atoms with van der Waals surface area (Å²) in [4.78, 5) is 27.5. The molecule has 1 aromatic rings. The lowest BCUT2D eigenvalue weighted by atomic mass is 9.92. The van der Waals surface area contributed by atoms with E-state index in [1.807, 2.05) is 11.0 Å². The van der Waals surface area contributed by atoms with E-state index in [1.54, 1.807) is 12.4 Å². The van der Waals surface area contributed by atoms with Crippen LogP contribution in [0.2, 0.25) is 0 Å². The fourth-order valence-corrected chi connectivity index (χ4v) is 4.31. The van der Waals surface area contributed by atoms with Crippen LogP contribution < -0.4 is 10.2 Å². The quantitative estimate of drug-likeness (QED) is 0.772. The van der Waals surface area contributed by atoms with Gasteiger partial charge < -0.3 is 20.0 Å². The molecule has 0 bridgehead atoms. The summed E-state index contributed by atoms with van der Waals surface area (Å²) < 4.78 is 0. The summed E-state index contributed by atoms with van der Waals surface area (Å²) in [6, 6.07) is 1.88. The number of carbonyl (C=O) groups is 1. The Hall–Kier alpha value is -1.89. The molecule has 0 spiro atoms. The molecule has 150 valence electrons. The van der Waals surface area contributed by atoms with E-state index < -0.39 is 0 Å². The van der Waals surface area contributed by atoms with Crippen molar-refractivity contribution in [2.45, 2.75) is 33.1 Å². The number of hydrogen-bond donors (Lipinski definition) is 1.